The van der Waals surface area contributed by atoms with Gasteiger partial charge in [0, 0.05) is 25.8 Å². The van der Waals surface area contributed by atoms with Crippen LogP contribution in [0.3, 0.4) is 0 Å². The number of fused-ring (bicyclic) bond motifs is 1. The molecule has 4 rings (SSSR count). The Hall–Kier alpha value is -3.06. The molecule has 3 heterocycles. The molecule has 0 amide bonds. The van der Waals surface area contributed by atoms with Gasteiger partial charge in [-0.25, -0.2) is 17.9 Å². The van der Waals surface area contributed by atoms with E-state index in [0.29, 0.717) is 18.7 Å². The molecule has 9 nitrogen and oxygen atoms in total. The van der Waals surface area contributed by atoms with E-state index in [1.54, 1.807) is 24.4 Å². The molecule has 1 N–H and O–H groups in total. The number of aromatic nitrogens is 3. The quantitative estimate of drug-likeness (QED) is 0.526. The average Bonchev–Trinajstić information content (AvgIpc) is 3.42. The predicted molar refractivity (Wildman–Crippen MR) is 114 cm³/mol. The van der Waals surface area contributed by atoms with Crippen molar-refractivity contribution in [1.82, 2.24) is 18.5 Å². The topological polar surface area (TPSA) is 97.9 Å². The van der Waals surface area contributed by atoms with Gasteiger partial charge in [0.2, 0.25) is 10.0 Å². The third-order valence-corrected chi connectivity index (χ3v) is 7.07. The highest BCUT2D eigenvalue weighted by molar-refractivity contribution is 7.89. The summed E-state index contributed by atoms with van der Waals surface area (Å²) >= 11 is 0. The minimum absolute atomic E-state index is 0.0452. The van der Waals surface area contributed by atoms with Crippen molar-refractivity contribution >= 4 is 21.4 Å². The fourth-order valence-corrected chi connectivity index (χ4v) is 5.12. The van der Waals surface area contributed by atoms with Gasteiger partial charge in [0.1, 0.15) is 5.75 Å². The van der Waals surface area contributed by atoms with Gasteiger partial charge in [-0.3, -0.25) is 4.40 Å². The predicted octanol–water partition coefficient (Wildman–Crippen LogP) is 2.33. The number of alkyl halides is 3. The molecule has 1 fully saturated rings. The van der Waals surface area contributed by atoms with Crippen molar-refractivity contribution in [2.24, 2.45) is 0 Å². The van der Waals surface area contributed by atoms with E-state index in [4.69, 9.17) is 4.74 Å². The Morgan fingerprint density at radius 2 is 1.88 bits per heavy atom. The van der Waals surface area contributed by atoms with Gasteiger partial charge in [0.15, 0.2) is 12.3 Å². The summed E-state index contributed by atoms with van der Waals surface area (Å²) in [5, 5.41) is 7.08. The van der Waals surface area contributed by atoms with Crippen LogP contribution in [0.15, 0.2) is 52.3 Å². The standard InChI is InChI=1S/C20H22F3N5O4S/c21-20(22,23)14-32-17-7-6-15(33(30,31)26-9-3-4-10-26)13-16(17)24-8-12-28-19(29)27-11-2-1-5-18(27)25-28/h1-2,5-7,11,13,24H,3-4,8-10,12,14H2. The van der Waals surface area contributed by atoms with Crippen LogP contribution < -0.4 is 15.7 Å². The van der Waals surface area contributed by atoms with Crippen molar-refractivity contribution in [2.45, 2.75) is 30.5 Å². The number of anilines is 1. The van der Waals surface area contributed by atoms with Crippen LogP contribution in [0.2, 0.25) is 0 Å². The number of hydrogen-bond donors (Lipinski definition) is 1. The first-order valence-corrected chi connectivity index (χ1v) is 11.7. The van der Waals surface area contributed by atoms with Crippen LogP contribution in [0.25, 0.3) is 5.65 Å². The number of rotatable bonds is 8. The molecule has 1 aliphatic heterocycles. The molecule has 3 aromatic rings. The summed E-state index contributed by atoms with van der Waals surface area (Å²) in [6.45, 7) is -0.532. The molecule has 2 aromatic heterocycles. The maximum Gasteiger partial charge on any atom is 0.422 e. The van der Waals surface area contributed by atoms with Crippen LogP contribution in [-0.2, 0) is 16.6 Å². The van der Waals surface area contributed by atoms with E-state index in [9.17, 15) is 26.4 Å². The fraction of sp³-hybridized carbons (Fsp3) is 0.400. The van der Waals surface area contributed by atoms with Gasteiger partial charge in [-0.2, -0.15) is 17.5 Å². The number of halogens is 3. The van der Waals surface area contributed by atoms with E-state index < -0.39 is 22.8 Å². The molecule has 0 atom stereocenters. The van der Waals surface area contributed by atoms with Crippen LogP contribution in [0.4, 0.5) is 18.9 Å². The number of pyridine rings is 1. The number of nitrogens with zero attached hydrogens (tertiary/aromatic N) is 4. The van der Waals surface area contributed by atoms with Crippen LogP contribution in [0.5, 0.6) is 5.75 Å². The lowest BCUT2D eigenvalue weighted by Gasteiger charge is -2.19. The Morgan fingerprint density at radius 1 is 1.12 bits per heavy atom. The average molecular weight is 485 g/mol. The number of hydrogen-bond acceptors (Lipinski definition) is 6. The lowest BCUT2D eigenvalue weighted by Crippen LogP contribution is -2.28. The second-order valence-corrected chi connectivity index (χ2v) is 9.47. The van der Waals surface area contributed by atoms with E-state index >= 15 is 0 Å². The van der Waals surface area contributed by atoms with Crippen LogP contribution in [-0.4, -0.2) is 59.3 Å². The number of ether oxygens (including phenoxy) is 1. The normalized spacial score (nSPS) is 15.2. The van der Waals surface area contributed by atoms with Crippen LogP contribution in [0.1, 0.15) is 12.8 Å². The van der Waals surface area contributed by atoms with Gasteiger partial charge in [-0.15, -0.1) is 5.10 Å². The zero-order chi connectivity index (χ0) is 23.6. The molecule has 0 radical (unpaired) electrons. The summed E-state index contributed by atoms with van der Waals surface area (Å²) < 4.78 is 72.6. The molecule has 178 valence electrons. The summed E-state index contributed by atoms with van der Waals surface area (Å²) in [5.74, 6) is -0.143. The lowest BCUT2D eigenvalue weighted by molar-refractivity contribution is -0.153. The van der Waals surface area contributed by atoms with E-state index in [1.165, 1.54) is 31.6 Å². The molecular formula is C20H22F3N5O4S. The van der Waals surface area contributed by atoms with Gasteiger partial charge in [-0.05, 0) is 43.2 Å². The summed E-state index contributed by atoms with van der Waals surface area (Å²) in [7, 11) is -3.78. The summed E-state index contributed by atoms with van der Waals surface area (Å²) in [4.78, 5) is 12.3. The zero-order valence-electron chi connectivity index (χ0n) is 17.5. The second kappa shape index (κ2) is 9.06. The van der Waals surface area contributed by atoms with Crippen LogP contribution in [0, 0.1) is 0 Å². The molecule has 33 heavy (non-hydrogen) atoms. The number of benzene rings is 1. The van der Waals surface area contributed by atoms with E-state index in [0.717, 1.165) is 12.8 Å². The SMILES string of the molecule is O=c1n(CCNc2cc(S(=O)(=O)N3CCCC3)ccc2OCC(F)(F)F)nc2ccccn12. The van der Waals surface area contributed by atoms with Crippen molar-refractivity contribution in [2.75, 3.05) is 31.6 Å². The lowest BCUT2D eigenvalue weighted by atomic mass is 10.3. The molecule has 1 aromatic carbocycles. The first kappa shape index (κ1) is 23.1. The largest absolute Gasteiger partial charge is 0.482 e. The van der Waals surface area contributed by atoms with E-state index in [-0.39, 0.29) is 35.1 Å². The Labute approximate surface area is 187 Å². The first-order chi connectivity index (χ1) is 15.6. The van der Waals surface area contributed by atoms with E-state index in [2.05, 4.69) is 10.4 Å². The molecule has 0 aliphatic carbocycles. The van der Waals surface area contributed by atoms with Crippen molar-refractivity contribution in [3.63, 3.8) is 0 Å². The van der Waals surface area contributed by atoms with Gasteiger partial charge < -0.3 is 10.1 Å². The molecule has 1 saturated heterocycles. The highest BCUT2D eigenvalue weighted by atomic mass is 32.2. The highest BCUT2D eigenvalue weighted by Gasteiger charge is 2.30. The van der Waals surface area contributed by atoms with Crippen molar-refractivity contribution < 1.29 is 26.3 Å². The van der Waals surface area contributed by atoms with Crippen LogP contribution >= 0.6 is 0 Å². The van der Waals surface area contributed by atoms with Gasteiger partial charge in [0.25, 0.3) is 0 Å². The monoisotopic (exact) mass is 485 g/mol. The third-order valence-electron chi connectivity index (χ3n) is 5.17. The Balaban J connectivity index is 1.56. The number of sulfonamides is 1. The zero-order valence-corrected chi connectivity index (χ0v) is 18.3. The second-order valence-electron chi connectivity index (χ2n) is 7.53. The minimum atomic E-state index is -4.55. The highest BCUT2D eigenvalue weighted by Crippen LogP contribution is 2.31. The molecule has 0 saturated carbocycles. The Morgan fingerprint density at radius 3 is 2.58 bits per heavy atom. The summed E-state index contributed by atoms with van der Waals surface area (Å²) in [5.41, 5.74) is 0.165. The Bertz CT molecular complexity index is 1300. The van der Waals surface area contributed by atoms with Gasteiger partial charge >= 0.3 is 11.9 Å². The van der Waals surface area contributed by atoms with Crippen molar-refractivity contribution in [3.05, 3.63) is 53.1 Å². The molecule has 0 unspecified atom stereocenters. The summed E-state index contributed by atoms with van der Waals surface area (Å²) in [6.07, 6.45) is -1.47. The molecule has 1 aliphatic rings. The maximum absolute atomic E-state index is 12.9. The smallest absolute Gasteiger partial charge is 0.422 e. The fourth-order valence-electron chi connectivity index (χ4n) is 3.58. The van der Waals surface area contributed by atoms with E-state index in [1.807, 2.05) is 0 Å². The van der Waals surface area contributed by atoms with Crippen molar-refractivity contribution in [1.29, 1.82) is 0 Å². The molecular weight excluding hydrogens is 463 g/mol. The van der Waals surface area contributed by atoms with Crippen molar-refractivity contribution in [3.8, 4) is 5.75 Å². The Kier molecular flexibility index (Phi) is 6.34. The minimum Gasteiger partial charge on any atom is -0.482 e. The van der Waals surface area contributed by atoms with Gasteiger partial charge in [0.05, 0.1) is 17.1 Å². The molecule has 0 bridgehead atoms. The first-order valence-electron chi connectivity index (χ1n) is 10.3. The molecule has 13 heteroatoms. The van der Waals surface area contributed by atoms with Gasteiger partial charge in [-0.1, -0.05) is 6.07 Å². The maximum atomic E-state index is 12.9. The third kappa shape index (κ3) is 5.14. The molecule has 0 spiro atoms. The summed E-state index contributed by atoms with van der Waals surface area (Å²) in [6, 6.07) is 8.79. The number of nitrogens with one attached hydrogen (secondary N) is 1.